The summed E-state index contributed by atoms with van der Waals surface area (Å²) >= 11 is 0. The monoisotopic (exact) mass is 221 g/mol. The maximum absolute atomic E-state index is 10.5. The van der Waals surface area contributed by atoms with Gasteiger partial charge in [-0.1, -0.05) is 38.5 Å². The molecule has 1 saturated carbocycles. The average Bonchev–Trinajstić information content (AvgIpc) is 2.32. The van der Waals surface area contributed by atoms with E-state index in [4.69, 9.17) is 10.8 Å². The maximum atomic E-state index is 10.5. The molecule has 1 rings (SSSR count). The van der Waals surface area contributed by atoms with Crippen LogP contribution in [0.5, 0.6) is 0 Å². The molecule has 1 aliphatic rings. The molecule has 84 valence electrons. The van der Waals surface area contributed by atoms with Crippen molar-refractivity contribution in [2.24, 2.45) is 11.7 Å². The normalized spacial score (nSPS) is 20.6. The molecule has 3 nitrogen and oxygen atoms in total. The van der Waals surface area contributed by atoms with Gasteiger partial charge in [0.05, 0.1) is 0 Å². The van der Waals surface area contributed by atoms with Crippen molar-refractivity contribution < 1.29 is 9.90 Å². The lowest BCUT2D eigenvalue weighted by Gasteiger charge is -2.15. The number of hydrogen-bond acceptors (Lipinski definition) is 2. The number of carboxylic acid groups (broad SMARTS) is 1. The molecule has 14 heavy (non-hydrogen) atoms. The standard InChI is InChI=1S/C10H19NO2.ClH/c11-9(10(12)13)7-8-5-3-1-2-4-6-8;/h8-9H,1-7,11H2,(H,12,13);1H. The summed E-state index contributed by atoms with van der Waals surface area (Å²) in [5.41, 5.74) is 5.50. The zero-order valence-electron chi connectivity index (χ0n) is 8.45. The molecule has 0 saturated heterocycles. The van der Waals surface area contributed by atoms with E-state index >= 15 is 0 Å². The molecule has 1 fully saturated rings. The van der Waals surface area contributed by atoms with Crippen molar-refractivity contribution in [1.29, 1.82) is 0 Å². The number of rotatable bonds is 3. The van der Waals surface area contributed by atoms with E-state index in [0.29, 0.717) is 12.3 Å². The van der Waals surface area contributed by atoms with Crippen molar-refractivity contribution in [3.8, 4) is 0 Å². The van der Waals surface area contributed by atoms with Gasteiger partial charge < -0.3 is 10.8 Å². The summed E-state index contributed by atoms with van der Waals surface area (Å²) in [5.74, 6) is -0.308. The third-order valence-electron chi connectivity index (χ3n) is 2.88. The Hall–Kier alpha value is -0.280. The number of halogens is 1. The quantitative estimate of drug-likeness (QED) is 0.718. The van der Waals surface area contributed by atoms with Gasteiger partial charge in [0, 0.05) is 0 Å². The largest absolute Gasteiger partial charge is 0.480 e. The van der Waals surface area contributed by atoms with Gasteiger partial charge in [0.1, 0.15) is 6.04 Å². The molecular formula is C10H20ClNO2. The van der Waals surface area contributed by atoms with Gasteiger partial charge >= 0.3 is 5.97 Å². The highest BCUT2D eigenvalue weighted by Crippen LogP contribution is 2.25. The Morgan fingerprint density at radius 2 is 1.79 bits per heavy atom. The average molecular weight is 222 g/mol. The van der Waals surface area contributed by atoms with Crippen LogP contribution in [0.4, 0.5) is 0 Å². The molecule has 0 heterocycles. The Balaban J connectivity index is 0.00000169. The zero-order chi connectivity index (χ0) is 9.68. The van der Waals surface area contributed by atoms with Gasteiger partial charge in [-0.15, -0.1) is 12.4 Å². The number of carboxylic acids is 1. The zero-order valence-corrected chi connectivity index (χ0v) is 9.26. The lowest BCUT2D eigenvalue weighted by Crippen LogP contribution is -2.32. The van der Waals surface area contributed by atoms with Crippen molar-refractivity contribution in [2.75, 3.05) is 0 Å². The minimum atomic E-state index is -0.857. The molecule has 1 unspecified atom stereocenters. The first-order chi connectivity index (χ1) is 6.20. The lowest BCUT2D eigenvalue weighted by atomic mass is 9.93. The highest BCUT2D eigenvalue weighted by Gasteiger charge is 2.19. The summed E-state index contributed by atoms with van der Waals surface area (Å²) < 4.78 is 0. The fourth-order valence-electron chi connectivity index (χ4n) is 2.06. The van der Waals surface area contributed by atoms with Crippen LogP contribution in [0.1, 0.15) is 44.9 Å². The highest BCUT2D eigenvalue weighted by molar-refractivity contribution is 5.85. The topological polar surface area (TPSA) is 63.3 Å². The predicted octanol–water partition coefficient (Wildman–Crippen LogP) is 2.18. The Morgan fingerprint density at radius 1 is 1.29 bits per heavy atom. The Morgan fingerprint density at radius 3 is 2.21 bits per heavy atom. The van der Waals surface area contributed by atoms with E-state index < -0.39 is 12.0 Å². The number of hydrogen-bond donors (Lipinski definition) is 2. The van der Waals surface area contributed by atoms with Gasteiger partial charge in [0.2, 0.25) is 0 Å². The fourth-order valence-corrected chi connectivity index (χ4v) is 2.06. The van der Waals surface area contributed by atoms with Crippen LogP contribution in [-0.4, -0.2) is 17.1 Å². The molecule has 4 heteroatoms. The number of carbonyl (C=O) groups is 1. The molecule has 3 N–H and O–H groups in total. The SMILES string of the molecule is Cl.NC(CC1CCCCCC1)C(=O)O. The number of nitrogens with two attached hydrogens (primary N) is 1. The number of aliphatic carboxylic acids is 1. The molecule has 0 spiro atoms. The van der Waals surface area contributed by atoms with E-state index in [-0.39, 0.29) is 12.4 Å². The first kappa shape index (κ1) is 13.7. The van der Waals surface area contributed by atoms with Crippen LogP contribution in [-0.2, 0) is 4.79 Å². The van der Waals surface area contributed by atoms with E-state index in [9.17, 15) is 4.79 Å². The molecule has 0 bridgehead atoms. The van der Waals surface area contributed by atoms with Crippen molar-refractivity contribution in [1.82, 2.24) is 0 Å². The summed E-state index contributed by atoms with van der Waals surface area (Å²) in [5, 5.41) is 8.66. The highest BCUT2D eigenvalue weighted by atomic mass is 35.5. The maximum Gasteiger partial charge on any atom is 0.320 e. The Bertz CT molecular complexity index is 168. The molecular weight excluding hydrogens is 202 g/mol. The summed E-state index contributed by atoms with van der Waals surface area (Å²) in [4.78, 5) is 10.5. The molecule has 1 atom stereocenters. The second-order valence-corrected chi connectivity index (χ2v) is 4.04. The van der Waals surface area contributed by atoms with E-state index in [2.05, 4.69) is 0 Å². The van der Waals surface area contributed by atoms with Crippen LogP contribution in [0.3, 0.4) is 0 Å². The smallest absolute Gasteiger partial charge is 0.320 e. The van der Waals surface area contributed by atoms with Crippen molar-refractivity contribution in [3.05, 3.63) is 0 Å². The molecule has 0 amide bonds. The minimum absolute atomic E-state index is 0. The van der Waals surface area contributed by atoms with Crippen LogP contribution in [0, 0.1) is 5.92 Å². The molecule has 0 aromatic rings. The van der Waals surface area contributed by atoms with Crippen molar-refractivity contribution in [2.45, 2.75) is 51.0 Å². The van der Waals surface area contributed by atoms with E-state index in [1.807, 2.05) is 0 Å². The first-order valence-corrected chi connectivity index (χ1v) is 5.18. The van der Waals surface area contributed by atoms with Crippen LogP contribution in [0.25, 0.3) is 0 Å². The van der Waals surface area contributed by atoms with Crippen molar-refractivity contribution >= 4 is 18.4 Å². The second kappa shape index (κ2) is 7.07. The molecule has 0 radical (unpaired) electrons. The van der Waals surface area contributed by atoms with Crippen LogP contribution < -0.4 is 5.73 Å². The van der Waals surface area contributed by atoms with E-state index in [1.54, 1.807) is 0 Å². The molecule has 1 aliphatic carbocycles. The van der Waals surface area contributed by atoms with Gasteiger partial charge in [-0.25, -0.2) is 0 Å². The van der Waals surface area contributed by atoms with E-state index in [1.165, 1.54) is 38.5 Å². The third-order valence-corrected chi connectivity index (χ3v) is 2.88. The van der Waals surface area contributed by atoms with Crippen LogP contribution >= 0.6 is 12.4 Å². The minimum Gasteiger partial charge on any atom is -0.480 e. The Labute approximate surface area is 91.5 Å². The van der Waals surface area contributed by atoms with Gasteiger partial charge in [0.15, 0.2) is 0 Å². The Kier molecular flexibility index (Phi) is 6.93. The summed E-state index contributed by atoms with van der Waals surface area (Å²) in [6.45, 7) is 0. The van der Waals surface area contributed by atoms with Crippen molar-refractivity contribution in [3.63, 3.8) is 0 Å². The summed E-state index contributed by atoms with van der Waals surface area (Å²) in [6.07, 6.45) is 8.10. The summed E-state index contributed by atoms with van der Waals surface area (Å²) in [6, 6.07) is -0.650. The molecule has 0 aromatic heterocycles. The van der Waals surface area contributed by atoms with Gasteiger partial charge in [-0.2, -0.15) is 0 Å². The van der Waals surface area contributed by atoms with Gasteiger partial charge in [-0.05, 0) is 12.3 Å². The van der Waals surface area contributed by atoms with Crippen LogP contribution in [0.15, 0.2) is 0 Å². The van der Waals surface area contributed by atoms with Gasteiger partial charge in [0.25, 0.3) is 0 Å². The first-order valence-electron chi connectivity index (χ1n) is 5.18. The van der Waals surface area contributed by atoms with E-state index in [0.717, 1.165) is 0 Å². The van der Waals surface area contributed by atoms with Gasteiger partial charge in [-0.3, -0.25) is 4.79 Å². The predicted molar refractivity (Wildman–Crippen MR) is 58.7 cm³/mol. The third kappa shape index (κ3) is 4.82. The summed E-state index contributed by atoms with van der Waals surface area (Å²) in [7, 11) is 0. The molecule has 0 aromatic carbocycles. The fraction of sp³-hybridized carbons (Fsp3) is 0.900. The van der Waals surface area contributed by atoms with Crippen LogP contribution in [0.2, 0.25) is 0 Å². The second-order valence-electron chi connectivity index (χ2n) is 4.04. The lowest BCUT2D eigenvalue weighted by molar-refractivity contribution is -0.139. The molecule has 0 aliphatic heterocycles.